The Bertz CT molecular complexity index is 1430. The Balaban J connectivity index is 1.25. The lowest BCUT2D eigenvalue weighted by molar-refractivity contribution is 0.101. The quantitative estimate of drug-likeness (QED) is 0.329. The number of nitrogens with zero attached hydrogens (tertiary/aromatic N) is 5. The summed E-state index contributed by atoms with van der Waals surface area (Å²) in [4.78, 5) is 36.8. The number of carbonyl (C=O) groups excluding carboxylic acids is 2. The Hall–Kier alpha value is -4.25. The molecule has 0 saturated carbocycles. The van der Waals surface area contributed by atoms with Crippen LogP contribution < -0.4 is 15.0 Å². The zero-order valence-electron chi connectivity index (χ0n) is 21.0. The van der Waals surface area contributed by atoms with Crippen LogP contribution in [0.25, 0.3) is 0 Å². The molecule has 1 atom stereocenters. The summed E-state index contributed by atoms with van der Waals surface area (Å²) in [7, 11) is 3.27. The van der Waals surface area contributed by atoms with E-state index in [0.29, 0.717) is 28.7 Å². The SMILES string of the molecule is CN(C)C(=O)Oc1ccc(N2CCC[C@@H]2c2csc(NC(=O)c3cccn3Cc3ccnc(F)c3)n2)cc1. The fraction of sp³-hybridized carbons (Fsp3) is 0.259. The first-order valence-corrected chi connectivity index (χ1v) is 13.0. The van der Waals surface area contributed by atoms with E-state index in [0.717, 1.165) is 30.8 Å². The molecule has 0 unspecified atom stereocenters. The molecule has 1 aliphatic heterocycles. The monoisotopic (exact) mass is 534 g/mol. The third-order valence-electron chi connectivity index (χ3n) is 6.28. The zero-order valence-corrected chi connectivity index (χ0v) is 21.8. The third kappa shape index (κ3) is 5.67. The van der Waals surface area contributed by atoms with Gasteiger partial charge in [0.1, 0.15) is 11.4 Å². The van der Waals surface area contributed by atoms with E-state index in [9.17, 15) is 14.0 Å². The summed E-state index contributed by atoms with van der Waals surface area (Å²) < 4.78 is 20.5. The summed E-state index contributed by atoms with van der Waals surface area (Å²) in [5.41, 5.74) is 3.08. The van der Waals surface area contributed by atoms with Crippen LogP contribution >= 0.6 is 11.3 Å². The van der Waals surface area contributed by atoms with Crippen molar-refractivity contribution in [3.05, 3.63) is 89.2 Å². The van der Waals surface area contributed by atoms with Crippen LogP contribution in [0.5, 0.6) is 5.75 Å². The third-order valence-corrected chi connectivity index (χ3v) is 7.06. The molecule has 196 valence electrons. The molecule has 11 heteroatoms. The van der Waals surface area contributed by atoms with E-state index in [1.807, 2.05) is 17.5 Å². The lowest BCUT2D eigenvalue weighted by atomic mass is 10.1. The number of ether oxygens (including phenoxy) is 1. The van der Waals surface area contributed by atoms with Crippen molar-refractivity contribution >= 4 is 34.2 Å². The van der Waals surface area contributed by atoms with Gasteiger partial charge in [0, 0.05) is 50.6 Å². The summed E-state index contributed by atoms with van der Waals surface area (Å²) in [6, 6.07) is 14.1. The van der Waals surface area contributed by atoms with E-state index in [2.05, 4.69) is 15.2 Å². The second-order valence-electron chi connectivity index (χ2n) is 9.15. The number of benzene rings is 1. The Morgan fingerprint density at radius 3 is 2.79 bits per heavy atom. The largest absolute Gasteiger partial charge is 0.414 e. The van der Waals surface area contributed by atoms with Gasteiger partial charge in [-0.25, -0.2) is 14.8 Å². The van der Waals surface area contributed by atoms with Crippen LogP contribution in [-0.2, 0) is 6.54 Å². The summed E-state index contributed by atoms with van der Waals surface area (Å²) in [6.45, 7) is 1.23. The van der Waals surface area contributed by atoms with Gasteiger partial charge in [0.2, 0.25) is 5.95 Å². The molecule has 4 aromatic rings. The Labute approximate surface area is 223 Å². The molecule has 0 aliphatic carbocycles. The molecule has 0 bridgehead atoms. The topological polar surface area (TPSA) is 92.6 Å². The summed E-state index contributed by atoms with van der Waals surface area (Å²) >= 11 is 1.38. The Kier molecular flexibility index (Phi) is 7.36. The van der Waals surface area contributed by atoms with Crippen LogP contribution in [0.2, 0.25) is 0 Å². The van der Waals surface area contributed by atoms with E-state index in [1.165, 1.54) is 28.5 Å². The van der Waals surface area contributed by atoms with Crippen molar-refractivity contribution in [3.8, 4) is 5.75 Å². The smallest absolute Gasteiger partial charge is 0.410 e. The molecule has 38 heavy (non-hydrogen) atoms. The summed E-state index contributed by atoms with van der Waals surface area (Å²) in [5.74, 6) is -0.349. The van der Waals surface area contributed by atoms with Gasteiger partial charge < -0.3 is 19.1 Å². The minimum Gasteiger partial charge on any atom is -0.410 e. The normalized spacial score (nSPS) is 14.9. The molecule has 4 heterocycles. The maximum atomic E-state index is 13.5. The highest BCUT2D eigenvalue weighted by Crippen LogP contribution is 2.37. The van der Waals surface area contributed by atoms with Gasteiger partial charge in [-0.15, -0.1) is 11.3 Å². The van der Waals surface area contributed by atoms with Gasteiger partial charge in [-0.3, -0.25) is 10.1 Å². The highest BCUT2D eigenvalue weighted by atomic mass is 32.1. The average molecular weight is 535 g/mol. The summed E-state index contributed by atoms with van der Waals surface area (Å²) in [5, 5.41) is 5.40. The molecule has 3 aromatic heterocycles. The number of hydrogen-bond donors (Lipinski definition) is 1. The summed E-state index contributed by atoms with van der Waals surface area (Å²) in [6.07, 6.45) is 4.73. The van der Waals surface area contributed by atoms with Crippen LogP contribution in [0.15, 0.2) is 66.3 Å². The van der Waals surface area contributed by atoms with E-state index in [4.69, 9.17) is 9.72 Å². The number of halogens is 1. The van der Waals surface area contributed by atoms with Crippen molar-refractivity contribution in [1.29, 1.82) is 0 Å². The minimum atomic E-state index is -0.555. The highest BCUT2D eigenvalue weighted by molar-refractivity contribution is 7.14. The van der Waals surface area contributed by atoms with Crippen molar-refractivity contribution in [1.82, 2.24) is 19.4 Å². The first-order valence-electron chi connectivity index (χ1n) is 12.2. The van der Waals surface area contributed by atoms with Gasteiger partial charge in [-0.05, 0) is 66.9 Å². The van der Waals surface area contributed by atoms with Crippen molar-refractivity contribution in [3.63, 3.8) is 0 Å². The van der Waals surface area contributed by atoms with Crippen LogP contribution in [0.3, 0.4) is 0 Å². The van der Waals surface area contributed by atoms with Gasteiger partial charge in [-0.1, -0.05) is 0 Å². The lowest BCUT2D eigenvalue weighted by Gasteiger charge is -2.25. The molecule has 1 aliphatic rings. The molecule has 1 fully saturated rings. The number of hydrogen-bond acceptors (Lipinski definition) is 7. The molecule has 0 radical (unpaired) electrons. The fourth-order valence-corrected chi connectivity index (χ4v) is 5.19. The molecule has 2 amide bonds. The predicted octanol–water partition coefficient (Wildman–Crippen LogP) is 5.18. The number of anilines is 2. The number of nitrogens with one attached hydrogen (secondary N) is 1. The molecule has 0 spiro atoms. The van der Waals surface area contributed by atoms with Crippen LogP contribution in [-0.4, -0.2) is 52.1 Å². The van der Waals surface area contributed by atoms with E-state index < -0.39 is 12.0 Å². The molecule has 1 N–H and O–H groups in total. The number of amides is 2. The van der Waals surface area contributed by atoms with E-state index in [1.54, 1.807) is 55.2 Å². The van der Waals surface area contributed by atoms with Crippen molar-refractivity contribution < 1.29 is 18.7 Å². The molecule has 5 rings (SSSR count). The Morgan fingerprint density at radius 1 is 1.21 bits per heavy atom. The number of thiazole rings is 1. The van der Waals surface area contributed by atoms with E-state index >= 15 is 0 Å². The van der Waals surface area contributed by atoms with Crippen molar-refractivity contribution in [2.45, 2.75) is 25.4 Å². The van der Waals surface area contributed by atoms with Gasteiger partial charge in [-0.2, -0.15) is 4.39 Å². The predicted molar refractivity (Wildman–Crippen MR) is 143 cm³/mol. The highest BCUT2D eigenvalue weighted by Gasteiger charge is 2.28. The number of aromatic nitrogens is 3. The first-order chi connectivity index (χ1) is 18.4. The van der Waals surface area contributed by atoms with Gasteiger partial charge >= 0.3 is 6.09 Å². The number of pyridine rings is 1. The molecular weight excluding hydrogens is 507 g/mol. The van der Waals surface area contributed by atoms with Crippen LogP contribution in [0.4, 0.5) is 20.0 Å². The van der Waals surface area contributed by atoms with Crippen LogP contribution in [0.1, 0.15) is 40.6 Å². The second-order valence-corrected chi connectivity index (χ2v) is 10.0. The first kappa shape index (κ1) is 25.4. The average Bonchev–Trinajstić information content (AvgIpc) is 3.65. The molecule has 1 aromatic carbocycles. The standard InChI is InChI=1S/C27H27FN6O3S/c1-32(2)27(36)37-20-9-7-19(8-10-20)34-14-4-5-22(34)21-17-38-26(30-21)31-25(35)23-6-3-13-33(23)16-18-11-12-29-24(28)15-18/h3,6-13,15,17,22H,4-5,14,16H2,1-2H3,(H,30,31,35)/t22-/m1/s1. The minimum absolute atomic E-state index is 0.0810. The molecule has 9 nitrogen and oxygen atoms in total. The molecule has 1 saturated heterocycles. The second kappa shape index (κ2) is 11.0. The number of carbonyl (C=O) groups is 2. The Morgan fingerprint density at radius 2 is 2.03 bits per heavy atom. The maximum Gasteiger partial charge on any atom is 0.414 e. The van der Waals surface area contributed by atoms with Crippen LogP contribution in [0, 0.1) is 5.95 Å². The lowest BCUT2D eigenvalue weighted by Crippen LogP contribution is -2.25. The zero-order chi connectivity index (χ0) is 26.6. The maximum absolute atomic E-state index is 13.5. The molecular formula is C27H27FN6O3S. The van der Waals surface area contributed by atoms with Crippen molar-refractivity contribution in [2.24, 2.45) is 0 Å². The van der Waals surface area contributed by atoms with Gasteiger partial charge in [0.05, 0.1) is 11.7 Å². The van der Waals surface area contributed by atoms with Gasteiger partial charge in [0.15, 0.2) is 5.13 Å². The van der Waals surface area contributed by atoms with Gasteiger partial charge in [0.25, 0.3) is 5.91 Å². The van der Waals surface area contributed by atoms with Crippen molar-refractivity contribution in [2.75, 3.05) is 30.9 Å². The fourth-order valence-electron chi connectivity index (χ4n) is 4.43. The van der Waals surface area contributed by atoms with E-state index in [-0.39, 0.29) is 11.9 Å². The number of rotatable bonds is 7.